The van der Waals surface area contributed by atoms with E-state index in [1.807, 2.05) is 0 Å². The second kappa shape index (κ2) is 14.8. The lowest BCUT2D eigenvalue weighted by Crippen LogP contribution is -2.41. The Bertz CT molecular complexity index is 491. The summed E-state index contributed by atoms with van der Waals surface area (Å²) in [6, 6.07) is 0. The van der Waals surface area contributed by atoms with Crippen molar-refractivity contribution in [3.05, 3.63) is 0 Å². The predicted octanol–water partition coefficient (Wildman–Crippen LogP) is 1.76. The molecule has 0 radical (unpaired) electrons. The van der Waals surface area contributed by atoms with Gasteiger partial charge in [0.1, 0.15) is 0 Å². The Balaban J connectivity index is 4.71. The van der Waals surface area contributed by atoms with Gasteiger partial charge < -0.3 is 25.1 Å². The minimum atomic E-state index is -0.994. The van der Waals surface area contributed by atoms with E-state index >= 15 is 0 Å². The number of rotatable bonds is 17. The van der Waals surface area contributed by atoms with Crippen LogP contribution in [-0.2, 0) is 19.2 Å². The Morgan fingerprint density at radius 3 is 1.64 bits per heavy atom. The van der Waals surface area contributed by atoms with Crippen molar-refractivity contribution in [2.24, 2.45) is 5.92 Å². The molecule has 0 spiro atoms. The first kappa shape index (κ1) is 25.8. The van der Waals surface area contributed by atoms with Crippen LogP contribution < -0.4 is 0 Å². The van der Waals surface area contributed by atoms with E-state index in [9.17, 15) is 19.2 Å². The van der Waals surface area contributed by atoms with Crippen LogP contribution in [0.5, 0.6) is 0 Å². The highest BCUT2D eigenvalue weighted by molar-refractivity contribution is 5.77. The van der Waals surface area contributed by atoms with Gasteiger partial charge in [0.05, 0.1) is 19.3 Å². The van der Waals surface area contributed by atoms with Gasteiger partial charge in [-0.1, -0.05) is 26.7 Å². The van der Waals surface area contributed by atoms with Crippen molar-refractivity contribution in [1.29, 1.82) is 0 Å². The molecule has 0 aliphatic carbocycles. The normalized spacial score (nSPS) is 11.0. The minimum absolute atomic E-state index is 0.0873. The first-order chi connectivity index (χ1) is 13.1. The van der Waals surface area contributed by atoms with Gasteiger partial charge in [-0.3, -0.25) is 19.2 Å². The fourth-order valence-electron chi connectivity index (χ4n) is 2.68. The molecule has 0 aliphatic rings. The summed E-state index contributed by atoms with van der Waals surface area (Å²) < 4.78 is 0. The predicted molar refractivity (Wildman–Crippen MR) is 103 cm³/mol. The average Bonchev–Trinajstić information content (AvgIpc) is 2.59. The topological polar surface area (TPSA) is 135 Å². The van der Waals surface area contributed by atoms with Crippen molar-refractivity contribution in [3.63, 3.8) is 0 Å². The van der Waals surface area contributed by atoms with Gasteiger partial charge in [0, 0.05) is 39.1 Å². The summed E-state index contributed by atoms with van der Waals surface area (Å²) in [4.78, 5) is 48.1. The second-order valence-electron chi connectivity index (χ2n) is 7.29. The van der Waals surface area contributed by atoms with E-state index in [4.69, 9.17) is 15.3 Å². The number of hydrogen-bond donors (Lipinski definition) is 3. The van der Waals surface area contributed by atoms with Gasteiger partial charge in [-0.2, -0.15) is 0 Å². The van der Waals surface area contributed by atoms with E-state index < -0.39 is 17.9 Å². The van der Waals surface area contributed by atoms with Crippen LogP contribution in [-0.4, -0.2) is 81.7 Å². The summed E-state index contributed by atoms with van der Waals surface area (Å²) in [5.74, 6) is -2.52. The number of carboxylic acids is 3. The fraction of sp³-hybridized carbons (Fsp3) is 0.789. The number of carbonyl (C=O) groups is 4. The molecule has 0 heterocycles. The van der Waals surface area contributed by atoms with Crippen LogP contribution in [0.4, 0.5) is 0 Å². The molecule has 3 N–H and O–H groups in total. The van der Waals surface area contributed by atoms with Crippen LogP contribution in [0, 0.1) is 5.92 Å². The van der Waals surface area contributed by atoms with Crippen LogP contribution in [0.2, 0.25) is 0 Å². The maximum Gasteiger partial charge on any atom is 0.305 e. The molecular formula is C19H34N2O7. The molecule has 0 rings (SSSR count). The van der Waals surface area contributed by atoms with E-state index in [1.165, 1.54) is 4.90 Å². The molecule has 9 heteroatoms. The molecule has 0 bridgehead atoms. The molecule has 0 atom stereocenters. The molecule has 0 aromatic heterocycles. The Hall–Kier alpha value is -2.16. The largest absolute Gasteiger partial charge is 0.481 e. The maximum absolute atomic E-state index is 12.5. The third-order valence-corrected chi connectivity index (χ3v) is 4.34. The van der Waals surface area contributed by atoms with Crippen LogP contribution in [0.1, 0.15) is 58.8 Å². The zero-order valence-corrected chi connectivity index (χ0v) is 16.9. The van der Waals surface area contributed by atoms with Crippen LogP contribution in [0.25, 0.3) is 0 Å². The number of amides is 1. The standard InChI is InChI=1S/C19H34N2O7/c1-15(2)5-3-4-6-16(22)21(12-9-19(27)28)14-13-20(10-7-17(23)24)11-8-18(25)26/h15H,3-14H2,1-2H3,(H,23,24)(H,25,26)(H,27,28). The summed E-state index contributed by atoms with van der Waals surface area (Å²) in [5, 5.41) is 26.6. The highest BCUT2D eigenvalue weighted by Gasteiger charge is 2.17. The smallest absolute Gasteiger partial charge is 0.305 e. The summed E-state index contributed by atoms with van der Waals surface area (Å²) in [5.41, 5.74) is 0. The lowest BCUT2D eigenvalue weighted by atomic mass is 10.1. The maximum atomic E-state index is 12.5. The van der Waals surface area contributed by atoms with Crippen molar-refractivity contribution in [1.82, 2.24) is 9.80 Å². The number of carbonyl (C=O) groups excluding carboxylic acids is 1. The number of nitrogens with zero attached hydrogens (tertiary/aromatic N) is 2. The average molecular weight is 402 g/mol. The zero-order valence-electron chi connectivity index (χ0n) is 16.9. The van der Waals surface area contributed by atoms with E-state index in [2.05, 4.69) is 13.8 Å². The molecule has 162 valence electrons. The number of aliphatic carboxylic acids is 3. The molecule has 0 aromatic carbocycles. The third-order valence-electron chi connectivity index (χ3n) is 4.34. The Morgan fingerprint density at radius 1 is 0.679 bits per heavy atom. The number of hydrogen-bond acceptors (Lipinski definition) is 5. The summed E-state index contributed by atoms with van der Waals surface area (Å²) in [6.07, 6.45) is 2.62. The number of carboxylic acid groups (broad SMARTS) is 3. The lowest BCUT2D eigenvalue weighted by Gasteiger charge is -2.27. The zero-order chi connectivity index (χ0) is 21.5. The van der Waals surface area contributed by atoms with Crippen molar-refractivity contribution in [2.75, 3.05) is 32.7 Å². The monoisotopic (exact) mass is 402 g/mol. The first-order valence-electron chi connectivity index (χ1n) is 9.77. The Kier molecular flexibility index (Phi) is 13.7. The lowest BCUT2D eigenvalue weighted by molar-refractivity contribution is -0.140. The molecule has 9 nitrogen and oxygen atoms in total. The first-order valence-corrected chi connectivity index (χ1v) is 9.77. The van der Waals surface area contributed by atoms with Crippen LogP contribution in [0.15, 0.2) is 0 Å². The summed E-state index contributed by atoms with van der Waals surface area (Å²) in [6.45, 7) is 5.22. The van der Waals surface area contributed by atoms with Gasteiger partial charge in [-0.05, 0) is 12.3 Å². The highest BCUT2D eigenvalue weighted by Crippen LogP contribution is 2.10. The van der Waals surface area contributed by atoms with Crippen molar-refractivity contribution in [2.45, 2.75) is 58.8 Å². The molecule has 28 heavy (non-hydrogen) atoms. The fourth-order valence-corrected chi connectivity index (χ4v) is 2.68. The molecule has 0 fully saturated rings. The molecular weight excluding hydrogens is 368 g/mol. The SMILES string of the molecule is CC(C)CCCCC(=O)N(CCC(=O)O)CCN(CCC(=O)O)CCC(=O)O. The van der Waals surface area contributed by atoms with Crippen molar-refractivity contribution >= 4 is 23.8 Å². The molecule has 0 aliphatic heterocycles. The summed E-state index contributed by atoms with van der Waals surface area (Å²) >= 11 is 0. The van der Waals surface area contributed by atoms with Gasteiger partial charge >= 0.3 is 17.9 Å². The minimum Gasteiger partial charge on any atom is -0.481 e. The Labute approximate surface area is 166 Å². The molecule has 1 amide bonds. The Morgan fingerprint density at radius 2 is 1.18 bits per heavy atom. The number of unbranched alkanes of at least 4 members (excludes halogenated alkanes) is 1. The van der Waals surface area contributed by atoms with E-state index in [0.29, 0.717) is 18.9 Å². The quantitative estimate of drug-likeness (QED) is 0.313. The van der Waals surface area contributed by atoms with Crippen LogP contribution in [0.3, 0.4) is 0 Å². The summed E-state index contributed by atoms with van der Waals surface area (Å²) in [7, 11) is 0. The van der Waals surface area contributed by atoms with E-state index in [0.717, 1.165) is 19.3 Å². The molecule has 0 unspecified atom stereocenters. The van der Waals surface area contributed by atoms with Gasteiger partial charge in [0.25, 0.3) is 0 Å². The van der Waals surface area contributed by atoms with Gasteiger partial charge in [0.15, 0.2) is 0 Å². The molecule has 0 saturated carbocycles. The van der Waals surface area contributed by atoms with Gasteiger partial charge in [0.2, 0.25) is 5.91 Å². The van der Waals surface area contributed by atoms with Gasteiger partial charge in [-0.15, -0.1) is 0 Å². The molecule has 0 saturated heterocycles. The highest BCUT2D eigenvalue weighted by atomic mass is 16.4. The van der Waals surface area contributed by atoms with Crippen LogP contribution >= 0.6 is 0 Å². The van der Waals surface area contributed by atoms with Crippen molar-refractivity contribution < 1.29 is 34.5 Å². The van der Waals surface area contributed by atoms with E-state index in [1.54, 1.807) is 4.90 Å². The van der Waals surface area contributed by atoms with E-state index in [-0.39, 0.29) is 51.3 Å². The third kappa shape index (κ3) is 15.0. The van der Waals surface area contributed by atoms with Crippen molar-refractivity contribution in [3.8, 4) is 0 Å². The van der Waals surface area contributed by atoms with Gasteiger partial charge in [-0.25, -0.2) is 0 Å². The molecule has 0 aromatic rings. The second-order valence-corrected chi connectivity index (χ2v) is 7.29.